The fourth-order valence-corrected chi connectivity index (χ4v) is 4.11. The van der Waals surface area contributed by atoms with Gasteiger partial charge in [-0.15, -0.1) is 0 Å². The fraction of sp³-hybridized carbons (Fsp3) is 0.348. The molecule has 0 spiro atoms. The van der Waals surface area contributed by atoms with Crippen LogP contribution in [0.1, 0.15) is 27.2 Å². The first-order valence-corrected chi connectivity index (χ1v) is 10.8. The Labute approximate surface area is 194 Å². The quantitative estimate of drug-likeness (QED) is 0.536. The molecule has 7 nitrogen and oxygen atoms in total. The van der Waals surface area contributed by atoms with Crippen LogP contribution in [0.15, 0.2) is 36.7 Å². The minimum absolute atomic E-state index is 0.107. The van der Waals surface area contributed by atoms with Crippen LogP contribution in [0.5, 0.6) is 0 Å². The summed E-state index contributed by atoms with van der Waals surface area (Å²) in [7, 11) is 0. The van der Waals surface area contributed by atoms with Gasteiger partial charge in [0.1, 0.15) is 17.8 Å². The average molecular weight is 477 g/mol. The van der Waals surface area contributed by atoms with Gasteiger partial charge >= 0.3 is 6.09 Å². The molecule has 0 unspecified atom stereocenters. The highest BCUT2D eigenvalue weighted by atomic mass is 35.5. The van der Waals surface area contributed by atoms with Gasteiger partial charge in [-0.25, -0.2) is 18.6 Å². The highest BCUT2D eigenvalue weighted by molar-refractivity contribution is 6.37. The predicted octanol–water partition coefficient (Wildman–Crippen LogP) is 5.31. The zero-order valence-electron chi connectivity index (χ0n) is 18.3. The lowest BCUT2D eigenvalue weighted by Gasteiger charge is -2.27. The van der Waals surface area contributed by atoms with E-state index in [1.807, 2.05) is 0 Å². The molecule has 10 heteroatoms. The Balaban J connectivity index is 1.59. The number of amides is 2. The lowest BCUT2D eigenvalue weighted by atomic mass is 10.0. The van der Waals surface area contributed by atoms with E-state index in [9.17, 15) is 14.0 Å². The summed E-state index contributed by atoms with van der Waals surface area (Å²) in [5, 5.41) is 2.78. The van der Waals surface area contributed by atoms with Crippen LogP contribution in [0.4, 0.5) is 19.3 Å². The molecule has 0 aliphatic carbocycles. The number of hydrogen-bond donors (Lipinski definition) is 2. The van der Waals surface area contributed by atoms with E-state index in [1.165, 1.54) is 18.5 Å². The van der Waals surface area contributed by atoms with E-state index in [2.05, 4.69) is 15.3 Å². The molecule has 3 aromatic rings. The smallest absolute Gasteiger partial charge is 0.411 e. The number of halogens is 3. The van der Waals surface area contributed by atoms with Crippen molar-refractivity contribution in [1.29, 1.82) is 0 Å². The molecule has 2 amide bonds. The molecule has 1 saturated heterocycles. The minimum atomic E-state index is -1.38. The van der Waals surface area contributed by atoms with Gasteiger partial charge in [-0.05, 0) is 32.9 Å². The molecular formula is C23H23ClF2N4O3. The van der Waals surface area contributed by atoms with Crippen molar-refractivity contribution in [1.82, 2.24) is 14.9 Å². The number of carbonyl (C=O) groups is 2. The first kappa shape index (κ1) is 23.0. The maximum absolute atomic E-state index is 15.4. The Morgan fingerprint density at radius 1 is 1.24 bits per heavy atom. The number of alkyl halides is 1. The minimum Gasteiger partial charge on any atom is -0.444 e. The molecule has 1 aromatic heterocycles. The number of carbonyl (C=O) groups excluding carboxylic acids is 2. The standard InChI is InChI=1S/C23H23ClF2N4O3/c1-23(2,3)33-22(32)30-10-12(25)9-17(30)21(31)29-15-6-4-5-14(19(15)26)13-7-8-16-20(18(13)24)28-11-27-16/h4-8,11-12,17H,9-10H2,1-3H3,(H,27,28)(H,29,31)/t12-,17+/m1/s1. The SMILES string of the molecule is CC(C)(C)OC(=O)N1C[C@H](F)C[C@H]1C(=O)Nc1cccc(-c2ccc3nc[nH]c3c2Cl)c1F. The van der Waals surface area contributed by atoms with Crippen LogP contribution in [0.2, 0.25) is 5.02 Å². The van der Waals surface area contributed by atoms with E-state index in [0.717, 1.165) is 4.90 Å². The normalized spacial score (nSPS) is 18.5. The highest BCUT2D eigenvalue weighted by Crippen LogP contribution is 2.36. The highest BCUT2D eigenvalue weighted by Gasteiger charge is 2.42. The molecule has 4 rings (SSSR count). The Bertz CT molecular complexity index is 1220. The number of hydrogen-bond acceptors (Lipinski definition) is 4. The summed E-state index contributed by atoms with van der Waals surface area (Å²) in [6.07, 6.45) is -0.890. The molecule has 1 fully saturated rings. The third-order valence-corrected chi connectivity index (χ3v) is 5.65. The Morgan fingerprint density at radius 3 is 2.73 bits per heavy atom. The van der Waals surface area contributed by atoms with Crippen LogP contribution >= 0.6 is 11.6 Å². The molecule has 2 heterocycles. The number of fused-ring (bicyclic) bond motifs is 1. The van der Waals surface area contributed by atoms with Gasteiger partial charge in [0.05, 0.1) is 34.6 Å². The van der Waals surface area contributed by atoms with Crippen molar-refractivity contribution < 1.29 is 23.1 Å². The van der Waals surface area contributed by atoms with Crippen LogP contribution in [0.3, 0.4) is 0 Å². The van der Waals surface area contributed by atoms with Gasteiger partial charge < -0.3 is 15.0 Å². The lowest BCUT2D eigenvalue weighted by Crippen LogP contribution is -2.45. The zero-order valence-corrected chi connectivity index (χ0v) is 19.0. The second-order valence-corrected chi connectivity index (χ2v) is 9.24. The van der Waals surface area contributed by atoms with E-state index in [4.69, 9.17) is 16.3 Å². The van der Waals surface area contributed by atoms with Crippen molar-refractivity contribution in [2.24, 2.45) is 0 Å². The monoisotopic (exact) mass is 476 g/mol. The molecule has 2 aromatic carbocycles. The lowest BCUT2D eigenvalue weighted by molar-refractivity contribution is -0.120. The van der Waals surface area contributed by atoms with Gasteiger partial charge in [0.25, 0.3) is 0 Å². The topological polar surface area (TPSA) is 87.3 Å². The van der Waals surface area contributed by atoms with Crippen LogP contribution in [-0.2, 0) is 9.53 Å². The number of anilines is 1. The van der Waals surface area contributed by atoms with E-state index < -0.39 is 35.6 Å². The summed E-state index contributed by atoms with van der Waals surface area (Å²) >= 11 is 6.45. The second-order valence-electron chi connectivity index (χ2n) is 8.86. The second kappa shape index (κ2) is 8.62. The van der Waals surface area contributed by atoms with E-state index in [1.54, 1.807) is 39.0 Å². The van der Waals surface area contributed by atoms with Crippen molar-refractivity contribution in [3.05, 3.63) is 47.5 Å². The van der Waals surface area contributed by atoms with Crippen molar-refractivity contribution in [2.75, 3.05) is 11.9 Å². The van der Waals surface area contributed by atoms with E-state index in [-0.39, 0.29) is 24.2 Å². The van der Waals surface area contributed by atoms with Gasteiger partial charge in [-0.2, -0.15) is 0 Å². The summed E-state index contributed by atoms with van der Waals surface area (Å²) < 4.78 is 34.8. The Kier molecular flexibility index (Phi) is 6.00. The fourth-order valence-electron chi connectivity index (χ4n) is 3.79. The summed E-state index contributed by atoms with van der Waals surface area (Å²) in [4.78, 5) is 33.5. The predicted molar refractivity (Wildman–Crippen MR) is 121 cm³/mol. The zero-order chi connectivity index (χ0) is 23.9. The van der Waals surface area contributed by atoms with E-state index >= 15 is 4.39 Å². The third kappa shape index (κ3) is 4.64. The number of nitrogens with one attached hydrogen (secondary N) is 2. The Hall–Kier alpha value is -3.20. The number of nitrogens with zero attached hydrogens (tertiary/aromatic N) is 2. The third-order valence-electron chi connectivity index (χ3n) is 5.26. The van der Waals surface area contributed by atoms with Crippen LogP contribution < -0.4 is 5.32 Å². The van der Waals surface area contributed by atoms with Gasteiger partial charge in [-0.1, -0.05) is 29.8 Å². The summed E-state index contributed by atoms with van der Waals surface area (Å²) in [5.74, 6) is -1.41. The first-order valence-electron chi connectivity index (χ1n) is 10.4. The van der Waals surface area contributed by atoms with Gasteiger partial charge in [0, 0.05) is 17.5 Å². The maximum Gasteiger partial charge on any atom is 0.411 e. The molecule has 174 valence electrons. The van der Waals surface area contributed by atoms with Crippen LogP contribution in [-0.4, -0.2) is 51.2 Å². The number of ether oxygens (including phenoxy) is 1. The van der Waals surface area contributed by atoms with E-state index in [0.29, 0.717) is 21.6 Å². The number of H-pyrrole nitrogens is 1. The number of aromatic amines is 1. The van der Waals surface area contributed by atoms with Gasteiger partial charge in [-0.3, -0.25) is 9.69 Å². The molecule has 33 heavy (non-hydrogen) atoms. The molecule has 0 bridgehead atoms. The molecule has 0 radical (unpaired) electrons. The Morgan fingerprint density at radius 2 is 2.00 bits per heavy atom. The summed E-state index contributed by atoms with van der Waals surface area (Å²) in [6, 6.07) is 6.72. The van der Waals surface area contributed by atoms with Crippen LogP contribution in [0.25, 0.3) is 22.2 Å². The largest absolute Gasteiger partial charge is 0.444 e. The van der Waals surface area contributed by atoms with Gasteiger partial charge in [0.15, 0.2) is 5.82 Å². The molecule has 2 atom stereocenters. The first-order chi connectivity index (χ1) is 15.5. The van der Waals surface area contributed by atoms with Crippen molar-refractivity contribution >= 4 is 40.3 Å². The number of aromatic nitrogens is 2. The summed E-state index contributed by atoms with van der Waals surface area (Å²) in [6.45, 7) is 4.76. The molecule has 0 saturated carbocycles. The molecular weight excluding hydrogens is 454 g/mol. The molecule has 1 aliphatic heterocycles. The number of rotatable bonds is 3. The number of imidazole rings is 1. The molecule has 1 aliphatic rings. The van der Waals surface area contributed by atoms with Crippen LogP contribution in [0, 0.1) is 5.82 Å². The number of likely N-dealkylation sites (tertiary alicyclic amines) is 1. The van der Waals surface area contributed by atoms with Crippen molar-refractivity contribution in [3.8, 4) is 11.1 Å². The van der Waals surface area contributed by atoms with Crippen molar-refractivity contribution in [3.63, 3.8) is 0 Å². The molecule has 2 N–H and O–H groups in total. The van der Waals surface area contributed by atoms with Gasteiger partial charge in [0.2, 0.25) is 5.91 Å². The number of benzene rings is 2. The average Bonchev–Trinajstić information content (AvgIpc) is 3.36. The van der Waals surface area contributed by atoms with Crippen molar-refractivity contribution in [2.45, 2.75) is 45.0 Å². The summed E-state index contributed by atoms with van der Waals surface area (Å²) in [5.41, 5.74) is 0.885. The maximum atomic E-state index is 15.4.